The number of piperidine rings is 2. The number of nitrogens with one attached hydrogen (secondary N) is 2. The molecule has 1 aromatic rings. The van der Waals surface area contributed by atoms with Crippen molar-refractivity contribution in [2.24, 2.45) is 5.92 Å². The minimum Gasteiger partial charge on any atom is -0.374 e. The molecular weight excluding hydrogens is 372 g/mol. The van der Waals surface area contributed by atoms with Gasteiger partial charge >= 0.3 is 0 Å². The second-order valence-electron chi connectivity index (χ2n) is 8.05. The van der Waals surface area contributed by atoms with Crippen LogP contribution in [0, 0.1) is 5.92 Å². The number of imide groups is 2. The van der Waals surface area contributed by atoms with Crippen LogP contribution in [-0.2, 0) is 9.59 Å². The number of carbonyl (C=O) groups is 4. The van der Waals surface area contributed by atoms with Gasteiger partial charge in [0.2, 0.25) is 11.8 Å². The van der Waals surface area contributed by atoms with Gasteiger partial charge in [-0.15, -0.1) is 0 Å². The molecule has 1 atom stereocenters. The molecule has 1 aromatic carbocycles. The highest BCUT2D eigenvalue weighted by Gasteiger charge is 2.45. The van der Waals surface area contributed by atoms with Gasteiger partial charge in [-0.2, -0.15) is 0 Å². The van der Waals surface area contributed by atoms with E-state index in [1.807, 2.05) is 18.0 Å². The lowest BCUT2D eigenvalue weighted by molar-refractivity contribution is -0.136. The van der Waals surface area contributed by atoms with Gasteiger partial charge in [0, 0.05) is 20.0 Å². The van der Waals surface area contributed by atoms with E-state index in [0.29, 0.717) is 22.7 Å². The van der Waals surface area contributed by atoms with E-state index in [1.165, 1.54) is 0 Å². The third-order valence-corrected chi connectivity index (χ3v) is 6.19. The molecule has 0 bridgehead atoms. The molecule has 3 aliphatic heterocycles. The van der Waals surface area contributed by atoms with Crippen LogP contribution in [-0.4, -0.2) is 61.3 Å². The number of carbonyl (C=O) groups excluding carboxylic acids is 4. The first kappa shape index (κ1) is 19.6. The first-order chi connectivity index (χ1) is 14.0. The van der Waals surface area contributed by atoms with Crippen molar-refractivity contribution in [3.05, 3.63) is 29.3 Å². The molecule has 1 unspecified atom stereocenters. The van der Waals surface area contributed by atoms with Crippen LogP contribution in [0.2, 0.25) is 0 Å². The summed E-state index contributed by atoms with van der Waals surface area (Å²) in [6.45, 7) is 2.88. The Hall–Kier alpha value is -2.74. The summed E-state index contributed by atoms with van der Waals surface area (Å²) in [6.07, 6.45) is 3.62. The van der Waals surface area contributed by atoms with Gasteiger partial charge in [-0.3, -0.25) is 29.4 Å². The first-order valence-electron chi connectivity index (χ1n) is 10.2. The maximum absolute atomic E-state index is 13.2. The Labute approximate surface area is 169 Å². The van der Waals surface area contributed by atoms with Gasteiger partial charge in [0.25, 0.3) is 11.8 Å². The maximum Gasteiger partial charge on any atom is 0.264 e. The van der Waals surface area contributed by atoms with E-state index in [9.17, 15) is 19.2 Å². The normalized spacial score (nSPS) is 22.7. The number of benzene rings is 1. The summed E-state index contributed by atoms with van der Waals surface area (Å²) < 4.78 is 0. The van der Waals surface area contributed by atoms with Crippen LogP contribution in [0.5, 0.6) is 0 Å². The van der Waals surface area contributed by atoms with Gasteiger partial charge in [0.1, 0.15) is 6.04 Å². The molecule has 0 spiro atoms. The molecule has 8 nitrogen and oxygen atoms in total. The number of anilines is 1. The predicted molar refractivity (Wildman–Crippen MR) is 107 cm³/mol. The average Bonchev–Trinajstić information content (AvgIpc) is 2.98. The minimum atomic E-state index is -0.937. The topological polar surface area (TPSA) is 98.8 Å². The third-order valence-electron chi connectivity index (χ3n) is 6.19. The van der Waals surface area contributed by atoms with Crippen LogP contribution in [0.3, 0.4) is 0 Å². The molecule has 0 aliphatic carbocycles. The quantitative estimate of drug-likeness (QED) is 0.716. The van der Waals surface area contributed by atoms with Crippen LogP contribution >= 0.6 is 0 Å². The first-order valence-corrected chi connectivity index (χ1v) is 10.2. The van der Waals surface area contributed by atoms with E-state index in [1.54, 1.807) is 12.1 Å². The highest BCUT2D eigenvalue weighted by molar-refractivity contribution is 6.25. The fourth-order valence-corrected chi connectivity index (χ4v) is 4.48. The monoisotopic (exact) mass is 398 g/mol. The number of nitrogens with zero attached hydrogens (tertiary/aromatic N) is 2. The highest BCUT2D eigenvalue weighted by Crippen LogP contribution is 2.34. The van der Waals surface area contributed by atoms with Crippen molar-refractivity contribution in [3.63, 3.8) is 0 Å². The molecule has 4 amide bonds. The zero-order valence-electron chi connectivity index (χ0n) is 16.6. The zero-order chi connectivity index (χ0) is 20.5. The van der Waals surface area contributed by atoms with Crippen LogP contribution in [0.1, 0.15) is 52.8 Å². The van der Waals surface area contributed by atoms with Gasteiger partial charge in [-0.25, -0.2) is 0 Å². The van der Waals surface area contributed by atoms with Gasteiger partial charge in [-0.05, 0) is 56.8 Å². The summed E-state index contributed by atoms with van der Waals surface area (Å²) in [5, 5.41) is 5.59. The number of fused-ring (bicyclic) bond motifs is 1. The largest absolute Gasteiger partial charge is 0.374 e. The Morgan fingerprint density at radius 2 is 1.83 bits per heavy atom. The predicted octanol–water partition coefficient (Wildman–Crippen LogP) is 0.914. The van der Waals surface area contributed by atoms with Crippen LogP contribution < -0.4 is 15.5 Å². The molecule has 154 valence electrons. The average molecular weight is 398 g/mol. The van der Waals surface area contributed by atoms with Gasteiger partial charge in [-0.1, -0.05) is 6.07 Å². The van der Waals surface area contributed by atoms with Crippen molar-refractivity contribution in [1.82, 2.24) is 15.5 Å². The molecule has 2 N–H and O–H groups in total. The summed E-state index contributed by atoms with van der Waals surface area (Å²) in [5.41, 5.74) is 1.39. The molecule has 3 heterocycles. The zero-order valence-corrected chi connectivity index (χ0v) is 16.6. The van der Waals surface area contributed by atoms with E-state index in [0.717, 1.165) is 43.8 Å². The third kappa shape index (κ3) is 3.64. The van der Waals surface area contributed by atoms with Gasteiger partial charge in [0.05, 0.1) is 16.8 Å². The molecule has 29 heavy (non-hydrogen) atoms. The van der Waals surface area contributed by atoms with Crippen molar-refractivity contribution in [3.8, 4) is 0 Å². The molecule has 4 rings (SSSR count). The smallest absolute Gasteiger partial charge is 0.264 e. The number of hydrogen-bond acceptors (Lipinski definition) is 6. The van der Waals surface area contributed by atoms with E-state index >= 15 is 0 Å². The van der Waals surface area contributed by atoms with Crippen molar-refractivity contribution in [1.29, 1.82) is 0 Å². The molecule has 0 radical (unpaired) electrons. The molecule has 0 saturated carbocycles. The Morgan fingerprint density at radius 3 is 2.55 bits per heavy atom. The second-order valence-corrected chi connectivity index (χ2v) is 8.05. The second kappa shape index (κ2) is 7.94. The lowest BCUT2D eigenvalue weighted by Gasteiger charge is -2.28. The fraction of sp³-hybridized carbons (Fsp3) is 0.524. The van der Waals surface area contributed by atoms with E-state index in [-0.39, 0.29) is 18.7 Å². The number of amides is 4. The summed E-state index contributed by atoms with van der Waals surface area (Å²) in [7, 11) is 1.93. The van der Waals surface area contributed by atoms with E-state index in [4.69, 9.17) is 0 Å². The summed E-state index contributed by atoms with van der Waals surface area (Å²) in [4.78, 5) is 52.8. The van der Waals surface area contributed by atoms with Crippen LogP contribution in [0.25, 0.3) is 0 Å². The molecule has 0 aromatic heterocycles. The summed E-state index contributed by atoms with van der Waals surface area (Å²) in [6, 6.07) is 4.31. The van der Waals surface area contributed by atoms with Crippen LogP contribution in [0.4, 0.5) is 5.69 Å². The number of rotatable bonds is 5. The Kier molecular flexibility index (Phi) is 5.36. The maximum atomic E-state index is 13.2. The van der Waals surface area contributed by atoms with Crippen molar-refractivity contribution in [2.45, 2.75) is 38.1 Å². The lowest BCUT2D eigenvalue weighted by atomic mass is 9.94. The minimum absolute atomic E-state index is 0.118. The lowest BCUT2D eigenvalue weighted by Crippen LogP contribution is -2.54. The standard InChI is InChI=1S/C21H26N4O4/c1-24(12-9-13-7-10-22-11-8-13)15-4-2-3-14-18(15)21(29)25(20(14)28)16-5-6-17(26)23-19(16)27/h2-4,13,16,22H,5-12H2,1H3,(H,23,26,27). The van der Waals surface area contributed by atoms with Crippen LogP contribution in [0.15, 0.2) is 18.2 Å². The summed E-state index contributed by atoms with van der Waals surface area (Å²) in [5.74, 6) is -1.22. The summed E-state index contributed by atoms with van der Waals surface area (Å²) >= 11 is 0. The van der Waals surface area contributed by atoms with Crippen molar-refractivity contribution < 1.29 is 19.2 Å². The van der Waals surface area contributed by atoms with E-state index < -0.39 is 23.8 Å². The molecule has 2 fully saturated rings. The molecular formula is C21H26N4O4. The molecule has 2 saturated heterocycles. The van der Waals surface area contributed by atoms with Gasteiger partial charge in [0.15, 0.2) is 0 Å². The van der Waals surface area contributed by atoms with Gasteiger partial charge < -0.3 is 10.2 Å². The Bertz CT molecular complexity index is 862. The SMILES string of the molecule is CN(CCC1CCNCC1)c1cccc2c1C(=O)N(C1CCC(=O)NC1=O)C2=O. The Balaban J connectivity index is 1.54. The van der Waals surface area contributed by atoms with Crippen molar-refractivity contribution >= 4 is 29.3 Å². The van der Waals surface area contributed by atoms with Crippen molar-refractivity contribution in [2.75, 3.05) is 31.6 Å². The Morgan fingerprint density at radius 1 is 1.07 bits per heavy atom. The highest BCUT2D eigenvalue weighted by atomic mass is 16.2. The fourth-order valence-electron chi connectivity index (χ4n) is 4.48. The number of hydrogen-bond donors (Lipinski definition) is 2. The molecule has 8 heteroatoms. The molecule has 3 aliphatic rings. The van der Waals surface area contributed by atoms with E-state index in [2.05, 4.69) is 10.6 Å².